The first-order chi connectivity index (χ1) is 28.0. The number of para-hydroxylation sites is 2. The van der Waals surface area contributed by atoms with Crippen LogP contribution >= 0.6 is 0 Å². The zero-order valence-corrected chi connectivity index (χ0v) is 31.3. The Morgan fingerprint density at radius 2 is 1.07 bits per heavy atom. The highest BCUT2D eigenvalue weighted by Gasteiger charge is 2.23. The molecular weight excluding hydrogens is 712 g/mol. The van der Waals surface area contributed by atoms with Crippen LogP contribution in [0, 0.1) is 19.7 Å². The first-order valence-corrected chi connectivity index (χ1v) is 18.6. The number of aromatic nitrogens is 6. The second kappa shape index (κ2) is 15.3. The maximum Gasteiger partial charge on any atom is 0.223 e. The number of nitrogens with zero attached hydrogens (tertiary/aromatic N) is 6. The van der Waals surface area contributed by atoms with Crippen molar-refractivity contribution < 1.29 is 4.39 Å². The lowest BCUT2D eigenvalue weighted by Crippen LogP contribution is -2.06. The van der Waals surface area contributed by atoms with E-state index in [1.807, 2.05) is 73.9 Å². The van der Waals surface area contributed by atoms with Gasteiger partial charge in [0.15, 0.2) is 0 Å². The molecule has 11 heteroatoms. The molecule has 10 rings (SSSR count). The van der Waals surface area contributed by atoms with Crippen LogP contribution in [0.4, 0.5) is 39.0 Å². The summed E-state index contributed by atoms with van der Waals surface area (Å²) >= 11 is 0. The molecule has 0 fully saturated rings. The average molecular weight is 749 g/mol. The van der Waals surface area contributed by atoms with E-state index >= 15 is 0 Å². The number of nitrogens with one attached hydrogen (secondary N) is 4. The van der Waals surface area contributed by atoms with E-state index in [0.29, 0.717) is 30.5 Å². The molecule has 0 radical (unpaired) electrons. The van der Waals surface area contributed by atoms with Crippen LogP contribution < -0.4 is 21.3 Å². The van der Waals surface area contributed by atoms with Crippen LogP contribution in [0.25, 0.3) is 44.8 Å². The predicted molar refractivity (Wildman–Crippen MR) is 225 cm³/mol. The molecule has 0 amide bonds. The van der Waals surface area contributed by atoms with Gasteiger partial charge >= 0.3 is 0 Å². The van der Waals surface area contributed by atoms with Gasteiger partial charge in [0.25, 0.3) is 0 Å². The second-order valence-electron chi connectivity index (χ2n) is 13.9. The molecule has 8 aromatic rings. The molecule has 4 aromatic heterocycles. The minimum absolute atomic E-state index is 0.233. The number of anilines is 6. The summed E-state index contributed by atoms with van der Waals surface area (Å²) in [4.78, 5) is 27.2. The molecular formula is C46H37FN10. The van der Waals surface area contributed by atoms with Gasteiger partial charge in [0.2, 0.25) is 11.9 Å². The SMILES string of the molecule is Cc1ccc(CNc2ncc3c(n2)-c2ccccc2Nc2cnccc2-3)c(F)c1.Cc1cccc(CNc2ncc3c(n2)-c2ccccc2Nc2cnccc2-3)c1. The molecule has 2 aliphatic rings. The van der Waals surface area contributed by atoms with Gasteiger partial charge < -0.3 is 21.3 Å². The highest BCUT2D eigenvalue weighted by molar-refractivity contribution is 5.97. The van der Waals surface area contributed by atoms with Crippen LogP contribution in [0.15, 0.2) is 140 Å². The Hall–Kier alpha value is -7.53. The Balaban J connectivity index is 0.000000148. The first-order valence-electron chi connectivity index (χ1n) is 18.6. The summed E-state index contributed by atoms with van der Waals surface area (Å²) < 4.78 is 14.1. The Kier molecular flexibility index (Phi) is 9.45. The van der Waals surface area contributed by atoms with Crippen LogP contribution in [-0.4, -0.2) is 29.9 Å². The highest BCUT2D eigenvalue weighted by atomic mass is 19.1. The third-order valence-electron chi connectivity index (χ3n) is 9.88. The fraction of sp³-hybridized carbons (Fsp3) is 0.0870. The van der Waals surface area contributed by atoms with E-state index in [2.05, 4.69) is 84.5 Å². The van der Waals surface area contributed by atoms with Gasteiger partial charge in [0.1, 0.15) is 5.82 Å². The van der Waals surface area contributed by atoms with Gasteiger partial charge in [-0.1, -0.05) is 78.4 Å². The molecule has 57 heavy (non-hydrogen) atoms. The molecule has 0 saturated heterocycles. The van der Waals surface area contributed by atoms with Crippen molar-refractivity contribution in [2.24, 2.45) is 0 Å². The van der Waals surface area contributed by atoms with Crippen molar-refractivity contribution in [1.29, 1.82) is 0 Å². The summed E-state index contributed by atoms with van der Waals surface area (Å²) in [6.07, 6.45) is 10.9. The van der Waals surface area contributed by atoms with E-state index < -0.39 is 0 Å². The molecule has 10 nitrogen and oxygen atoms in total. The largest absolute Gasteiger partial charge is 0.353 e. The average Bonchev–Trinajstić information content (AvgIpc) is 3.47. The summed E-state index contributed by atoms with van der Waals surface area (Å²) in [6.45, 7) is 4.96. The zero-order valence-electron chi connectivity index (χ0n) is 31.3. The van der Waals surface area contributed by atoms with Crippen molar-refractivity contribution in [1.82, 2.24) is 29.9 Å². The third kappa shape index (κ3) is 7.33. The van der Waals surface area contributed by atoms with Crippen LogP contribution in [-0.2, 0) is 13.1 Å². The number of rotatable bonds is 6. The lowest BCUT2D eigenvalue weighted by molar-refractivity contribution is 0.611. The molecule has 0 spiro atoms. The molecule has 4 N–H and O–H groups in total. The van der Waals surface area contributed by atoms with Crippen LogP contribution in [0.1, 0.15) is 22.3 Å². The van der Waals surface area contributed by atoms with Gasteiger partial charge in [-0.3, -0.25) is 9.97 Å². The Morgan fingerprint density at radius 1 is 0.509 bits per heavy atom. The summed E-state index contributed by atoms with van der Waals surface area (Å²) in [5, 5.41) is 13.4. The normalized spacial score (nSPS) is 11.5. The number of fused-ring (bicyclic) bond motifs is 10. The molecule has 4 aromatic carbocycles. The van der Waals surface area contributed by atoms with Crippen molar-refractivity contribution >= 4 is 34.6 Å². The number of benzene rings is 4. The molecule has 0 unspecified atom stereocenters. The Labute approximate surface area is 329 Å². The molecule has 6 heterocycles. The van der Waals surface area contributed by atoms with Gasteiger partial charge in [-0.05, 0) is 55.3 Å². The first kappa shape index (κ1) is 35.2. The Bertz CT molecular complexity index is 2770. The molecule has 278 valence electrons. The number of hydrogen-bond acceptors (Lipinski definition) is 10. The summed E-state index contributed by atoms with van der Waals surface area (Å²) in [5.41, 5.74) is 15.5. The Morgan fingerprint density at radius 3 is 1.65 bits per heavy atom. The van der Waals surface area contributed by atoms with E-state index in [1.165, 1.54) is 17.2 Å². The van der Waals surface area contributed by atoms with Gasteiger partial charge in [0.05, 0.1) is 35.2 Å². The minimum Gasteiger partial charge on any atom is -0.353 e. The monoisotopic (exact) mass is 748 g/mol. The van der Waals surface area contributed by atoms with E-state index in [1.54, 1.807) is 30.9 Å². The van der Waals surface area contributed by atoms with Crippen molar-refractivity contribution in [2.75, 3.05) is 21.3 Å². The number of halogens is 1. The fourth-order valence-electron chi connectivity index (χ4n) is 7.06. The lowest BCUT2D eigenvalue weighted by Gasteiger charge is -2.11. The standard InChI is InChI=1S/C23H18FN5.C23H19N5/c1-14-6-7-15(19(24)10-14)11-26-23-27-12-18-16-8-9-25-13-21(16)28-20-5-3-2-4-17(20)22(18)29-23;1-15-5-4-6-16(11-15)12-25-23-26-13-19-17-9-10-24-14-21(17)27-20-8-3-2-7-18(20)22(19)28-23/h2-10,12-13,28H,11H2,1H3,(H,26,27,29);2-11,13-14,27H,12H2,1H3,(H,25,26,28). The number of pyridine rings is 2. The number of hydrogen-bond donors (Lipinski definition) is 4. The summed E-state index contributed by atoms with van der Waals surface area (Å²) in [5.74, 6) is 0.840. The quantitative estimate of drug-likeness (QED) is 0.131. The second-order valence-corrected chi connectivity index (χ2v) is 13.9. The fourth-order valence-corrected chi connectivity index (χ4v) is 7.06. The van der Waals surface area contributed by atoms with Gasteiger partial charge in [0, 0.05) is 88.2 Å². The van der Waals surface area contributed by atoms with Crippen molar-refractivity contribution in [3.8, 4) is 44.8 Å². The van der Waals surface area contributed by atoms with Gasteiger partial charge in [-0.25, -0.2) is 24.3 Å². The summed E-state index contributed by atoms with van der Waals surface area (Å²) in [7, 11) is 0. The maximum atomic E-state index is 14.1. The summed E-state index contributed by atoms with van der Waals surface area (Å²) in [6, 6.07) is 33.8. The van der Waals surface area contributed by atoms with E-state index in [0.717, 1.165) is 73.1 Å². The zero-order chi connectivity index (χ0) is 38.7. The topological polar surface area (TPSA) is 125 Å². The highest BCUT2D eigenvalue weighted by Crippen LogP contribution is 2.44. The minimum atomic E-state index is -0.233. The lowest BCUT2D eigenvalue weighted by atomic mass is 10.0. The van der Waals surface area contributed by atoms with Crippen LogP contribution in [0.5, 0.6) is 0 Å². The maximum absolute atomic E-state index is 14.1. The van der Waals surface area contributed by atoms with Crippen molar-refractivity contribution in [2.45, 2.75) is 26.9 Å². The molecule has 0 aliphatic carbocycles. The van der Waals surface area contributed by atoms with E-state index in [9.17, 15) is 4.39 Å². The van der Waals surface area contributed by atoms with E-state index in [-0.39, 0.29) is 5.82 Å². The van der Waals surface area contributed by atoms with E-state index in [4.69, 9.17) is 9.97 Å². The predicted octanol–water partition coefficient (Wildman–Crippen LogP) is 10.5. The molecule has 0 saturated carbocycles. The molecule has 0 bridgehead atoms. The van der Waals surface area contributed by atoms with Crippen molar-refractivity contribution in [3.63, 3.8) is 0 Å². The smallest absolute Gasteiger partial charge is 0.223 e. The van der Waals surface area contributed by atoms with Crippen LogP contribution in [0.2, 0.25) is 0 Å². The third-order valence-corrected chi connectivity index (χ3v) is 9.88. The van der Waals surface area contributed by atoms with Gasteiger partial charge in [-0.15, -0.1) is 0 Å². The molecule has 0 atom stereocenters. The number of aryl methyl sites for hydroxylation is 2. The van der Waals surface area contributed by atoms with Crippen molar-refractivity contribution in [3.05, 3.63) is 168 Å². The van der Waals surface area contributed by atoms with Gasteiger partial charge in [-0.2, -0.15) is 0 Å². The molecule has 2 aliphatic heterocycles. The van der Waals surface area contributed by atoms with Crippen LogP contribution in [0.3, 0.4) is 0 Å².